The quantitative estimate of drug-likeness (QED) is 0.681. The summed E-state index contributed by atoms with van der Waals surface area (Å²) in [5.74, 6) is 1.38. The minimum absolute atomic E-state index is 0.495. The molecule has 0 N–H and O–H groups in total. The Hall–Kier alpha value is -2.14. The molecule has 0 amide bonds. The molecule has 4 nitrogen and oxygen atoms in total. The molecule has 3 aromatic rings. The van der Waals surface area contributed by atoms with Gasteiger partial charge in [0, 0.05) is 10.7 Å². The first-order valence-electron chi connectivity index (χ1n) is 6.05. The zero-order chi connectivity index (χ0) is 14.1. The average Bonchev–Trinajstić information content (AvgIpc) is 3.05. The summed E-state index contributed by atoms with van der Waals surface area (Å²) in [5, 5.41) is 4.46. The lowest BCUT2D eigenvalue weighted by Crippen LogP contribution is -1.95. The van der Waals surface area contributed by atoms with Gasteiger partial charge >= 0.3 is 0 Å². The first-order chi connectivity index (χ1) is 9.69. The summed E-state index contributed by atoms with van der Waals surface area (Å²) in [6.45, 7) is 1.86. The van der Waals surface area contributed by atoms with E-state index in [1.165, 1.54) is 0 Å². The van der Waals surface area contributed by atoms with Gasteiger partial charge in [-0.1, -0.05) is 12.1 Å². The summed E-state index contributed by atoms with van der Waals surface area (Å²) >= 11 is 3.48. The van der Waals surface area contributed by atoms with Crippen LogP contribution in [-0.4, -0.2) is 16.1 Å². The first-order valence-corrected chi connectivity index (χ1v) is 6.85. The lowest BCUT2D eigenvalue weighted by atomic mass is 10.2. The predicted octanol–water partition coefficient (Wildman–Crippen LogP) is 4.02. The van der Waals surface area contributed by atoms with Gasteiger partial charge in [0.2, 0.25) is 0 Å². The number of furan rings is 1. The van der Waals surface area contributed by atoms with Crippen molar-refractivity contribution < 1.29 is 9.21 Å². The fraction of sp³-hybridized carbons (Fsp3) is 0.0667. The second-order valence-corrected chi connectivity index (χ2v) is 5.21. The van der Waals surface area contributed by atoms with Crippen molar-refractivity contribution in [2.45, 2.75) is 6.92 Å². The van der Waals surface area contributed by atoms with Gasteiger partial charge in [-0.2, -0.15) is 5.10 Å². The topological polar surface area (TPSA) is 48.0 Å². The van der Waals surface area contributed by atoms with Crippen LogP contribution in [0, 0.1) is 6.92 Å². The fourth-order valence-electron chi connectivity index (χ4n) is 1.99. The normalized spacial score (nSPS) is 10.7. The number of carbonyl (C=O) groups is 1. The van der Waals surface area contributed by atoms with E-state index in [0.717, 1.165) is 22.2 Å². The molecule has 0 aliphatic carbocycles. The van der Waals surface area contributed by atoms with Crippen molar-refractivity contribution in [1.29, 1.82) is 0 Å². The molecule has 0 saturated heterocycles. The Bertz CT molecular complexity index is 774. The summed E-state index contributed by atoms with van der Waals surface area (Å²) in [7, 11) is 0. The molecule has 20 heavy (non-hydrogen) atoms. The van der Waals surface area contributed by atoms with E-state index in [0.29, 0.717) is 17.0 Å². The number of para-hydroxylation sites is 1. The van der Waals surface area contributed by atoms with E-state index in [-0.39, 0.29) is 0 Å². The third kappa shape index (κ3) is 2.20. The maximum atomic E-state index is 11.2. The van der Waals surface area contributed by atoms with Crippen molar-refractivity contribution in [3.05, 3.63) is 58.4 Å². The van der Waals surface area contributed by atoms with Crippen LogP contribution in [0.25, 0.3) is 17.1 Å². The van der Waals surface area contributed by atoms with Crippen molar-refractivity contribution in [3.8, 4) is 17.1 Å². The SMILES string of the molecule is Cc1ccc(-c2nn(-c3ccccc3Br)cc2C=O)o1. The molecular formula is C15H11BrN2O2. The number of halogens is 1. The Kier molecular flexibility index (Phi) is 3.28. The predicted molar refractivity (Wildman–Crippen MR) is 79.1 cm³/mol. The Balaban J connectivity index is 2.14. The molecule has 0 atom stereocenters. The molecule has 100 valence electrons. The second-order valence-electron chi connectivity index (χ2n) is 4.36. The molecule has 0 fully saturated rings. The summed E-state index contributed by atoms with van der Waals surface area (Å²) < 4.78 is 8.12. The number of nitrogens with zero attached hydrogens (tertiary/aromatic N) is 2. The van der Waals surface area contributed by atoms with Gasteiger partial charge in [0.05, 0.1) is 11.3 Å². The average molecular weight is 331 g/mol. The van der Waals surface area contributed by atoms with Crippen molar-refractivity contribution in [2.24, 2.45) is 0 Å². The number of rotatable bonds is 3. The molecule has 0 unspecified atom stereocenters. The van der Waals surface area contributed by atoms with Gasteiger partial charge in [0.1, 0.15) is 11.5 Å². The van der Waals surface area contributed by atoms with Gasteiger partial charge < -0.3 is 4.42 Å². The second kappa shape index (κ2) is 5.09. The maximum Gasteiger partial charge on any atom is 0.155 e. The zero-order valence-corrected chi connectivity index (χ0v) is 12.3. The highest BCUT2D eigenvalue weighted by atomic mass is 79.9. The minimum atomic E-state index is 0.495. The lowest BCUT2D eigenvalue weighted by Gasteiger charge is -2.02. The standard InChI is InChI=1S/C15H11BrN2O2/c1-10-6-7-14(20-10)15-11(9-19)8-18(17-15)13-5-3-2-4-12(13)16/h2-9H,1H3. The van der Waals surface area contributed by atoms with Crippen LogP contribution in [0.4, 0.5) is 0 Å². The summed E-state index contributed by atoms with van der Waals surface area (Å²) in [6, 6.07) is 11.3. The Labute approximate surface area is 124 Å². The molecule has 5 heteroatoms. The Morgan fingerprint density at radius 3 is 2.70 bits per heavy atom. The molecule has 3 rings (SSSR count). The van der Waals surface area contributed by atoms with Crippen LogP contribution in [0.3, 0.4) is 0 Å². The number of aldehydes is 1. The molecule has 0 spiro atoms. The summed E-state index contributed by atoms with van der Waals surface area (Å²) in [4.78, 5) is 11.2. The fourth-order valence-corrected chi connectivity index (χ4v) is 2.45. The Morgan fingerprint density at radius 1 is 1.25 bits per heavy atom. The number of hydrogen-bond acceptors (Lipinski definition) is 3. The summed E-state index contributed by atoms with van der Waals surface area (Å²) in [5.41, 5.74) is 1.91. The van der Waals surface area contributed by atoms with Crippen LogP contribution >= 0.6 is 15.9 Å². The Morgan fingerprint density at radius 2 is 2.05 bits per heavy atom. The van der Waals surface area contributed by atoms with Crippen LogP contribution in [0.1, 0.15) is 16.1 Å². The van der Waals surface area contributed by atoms with Gasteiger partial charge in [-0.05, 0) is 47.1 Å². The van der Waals surface area contributed by atoms with E-state index in [1.807, 2.05) is 43.3 Å². The number of aryl methyl sites for hydroxylation is 1. The molecular weight excluding hydrogens is 320 g/mol. The highest BCUT2D eigenvalue weighted by Crippen LogP contribution is 2.26. The number of hydrogen-bond donors (Lipinski definition) is 0. The largest absolute Gasteiger partial charge is 0.460 e. The number of aromatic nitrogens is 2. The van der Waals surface area contributed by atoms with E-state index in [2.05, 4.69) is 21.0 Å². The van der Waals surface area contributed by atoms with E-state index in [4.69, 9.17) is 4.42 Å². The third-order valence-electron chi connectivity index (χ3n) is 2.94. The van der Waals surface area contributed by atoms with E-state index in [1.54, 1.807) is 10.9 Å². The molecule has 0 saturated carbocycles. The molecule has 0 radical (unpaired) electrons. The maximum absolute atomic E-state index is 11.2. The van der Waals surface area contributed by atoms with Gasteiger partial charge in [-0.15, -0.1) is 0 Å². The van der Waals surface area contributed by atoms with Crippen LogP contribution in [0.2, 0.25) is 0 Å². The highest BCUT2D eigenvalue weighted by molar-refractivity contribution is 9.10. The lowest BCUT2D eigenvalue weighted by molar-refractivity contribution is 0.112. The van der Waals surface area contributed by atoms with Gasteiger partial charge in [0.15, 0.2) is 12.0 Å². The smallest absolute Gasteiger partial charge is 0.155 e. The van der Waals surface area contributed by atoms with E-state index >= 15 is 0 Å². The van der Waals surface area contributed by atoms with Crippen molar-refractivity contribution in [2.75, 3.05) is 0 Å². The first kappa shape index (κ1) is 12.9. The van der Waals surface area contributed by atoms with Crippen molar-refractivity contribution in [3.63, 3.8) is 0 Å². The third-order valence-corrected chi connectivity index (χ3v) is 3.61. The zero-order valence-electron chi connectivity index (χ0n) is 10.7. The van der Waals surface area contributed by atoms with Crippen LogP contribution in [0.15, 0.2) is 51.5 Å². The molecule has 0 aliphatic rings. The van der Waals surface area contributed by atoms with E-state index in [9.17, 15) is 4.79 Å². The summed E-state index contributed by atoms with van der Waals surface area (Å²) in [6.07, 6.45) is 2.48. The minimum Gasteiger partial charge on any atom is -0.460 e. The van der Waals surface area contributed by atoms with Crippen LogP contribution in [-0.2, 0) is 0 Å². The molecule has 0 aliphatic heterocycles. The van der Waals surface area contributed by atoms with Gasteiger partial charge in [0.25, 0.3) is 0 Å². The number of benzene rings is 1. The van der Waals surface area contributed by atoms with Crippen LogP contribution < -0.4 is 0 Å². The van der Waals surface area contributed by atoms with Gasteiger partial charge in [-0.3, -0.25) is 4.79 Å². The van der Waals surface area contributed by atoms with E-state index < -0.39 is 0 Å². The monoisotopic (exact) mass is 330 g/mol. The van der Waals surface area contributed by atoms with Crippen LogP contribution in [0.5, 0.6) is 0 Å². The van der Waals surface area contributed by atoms with Crippen molar-refractivity contribution >= 4 is 22.2 Å². The van der Waals surface area contributed by atoms with Crippen molar-refractivity contribution in [1.82, 2.24) is 9.78 Å². The van der Waals surface area contributed by atoms with Gasteiger partial charge in [-0.25, -0.2) is 4.68 Å². The molecule has 2 aromatic heterocycles. The molecule has 0 bridgehead atoms. The number of carbonyl (C=O) groups excluding carboxylic acids is 1. The highest BCUT2D eigenvalue weighted by Gasteiger charge is 2.15. The molecule has 1 aromatic carbocycles. The molecule has 2 heterocycles.